The van der Waals surface area contributed by atoms with Crippen LogP contribution in [0.2, 0.25) is 5.02 Å². The molecule has 0 heterocycles. The first-order valence-electron chi connectivity index (χ1n) is 3.29. The fourth-order valence-corrected chi connectivity index (χ4v) is 1.02. The molecule has 0 amide bonds. The molecule has 0 saturated carbocycles. The molecule has 0 radical (unpaired) electrons. The maximum Gasteiger partial charge on any atom is 0.180 e. The molecule has 0 spiro atoms. The van der Waals surface area contributed by atoms with Gasteiger partial charge in [0, 0.05) is 0 Å². The van der Waals surface area contributed by atoms with Crippen LogP contribution in [0.3, 0.4) is 0 Å². The molecule has 0 atom stereocenters. The van der Waals surface area contributed by atoms with E-state index in [1.165, 1.54) is 0 Å². The van der Waals surface area contributed by atoms with Gasteiger partial charge in [-0.05, 0) is 13.0 Å². The van der Waals surface area contributed by atoms with Crippen LogP contribution in [0.15, 0.2) is 6.07 Å². The lowest BCUT2D eigenvalue weighted by atomic mass is 10.1. The van der Waals surface area contributed by atoms with Gasteiger partial charge >= 0.3 is 0 Å². The summed E-state index contributed by atoms with van der Waals surface area (Å²) in [4.78, 5) is 10.7. The second-order valence-electron chi connectivity index (χ2n) is 2.40. The second kappa shape index (κ2) is 3.38. The fourth-order valence-electron chi connectivity index (χ4n) is 0.829. The average molecular weight is 209 g/mol. The molecule has 0 bridgehead atoms. The number of carbonyl (C=O) groups is 1. The Labute approximate surface area is 77.1 Å². The van der Waals surface area contributed by atoms with E-state index in [9.17, 15) is 18.0 Å². The first-order valence-corrected chi connectivity index (χ1v) is 3.67. The van der Waals surface area contributed by atoms with Crippen LogP contribution in [0, 0.1) is 17.5 Å². The maximum absolute atomic E-state index is 12.9. The van der Waals surface area contributed by atoms with Gasteiger partial charge in [-0.1, -0.05) is 11.6 Å². The summed E-state index contributed by atoms with van der Waals surface area (Å²) in [6.07, 6.45) is 0. The minimum absolute atomic E-state index is 0.485. The molecule has 13 heavy (non-hydrogen) atoms. The molecule has 1 rings (SSSR count). The van der Waals surface area contributed by atoms with Gasteiger partial charge in [0.1, 0.15) is 5.02 Å². The molecule has 1 nitrogen and oxygen atoms in total. The molecule has 1 aromatic carbocycles. The molecule has 0 aromatic heterocycles. The van der Waals surface area contributed by atoms with Gasteiger partial charge in [-0.3, -0.25) is 4.79 Å². The number of hydrogen-bond acceptors (Lipinski definition) is 1. The molecule has 0 fully saturated rings. The third-order valence-electron chi connectivity index (χ3n) is 1.48. The Hall–Kier alpha value is -1.03. The first-order chi connectivity index (χ1) is 5.95. The van der Waals surface area contributed by atoms with E-state index < -0.39 is 33.8 Å². The SMILES string of the molecule is CC(=O)c1cc(F)c(F)c(Cl)c1F. The number of Topliss-reactive ketones (excluding diaryl/α,β-unsaturated/α-hetero) is 1. The summed E-state index contributed by atoms with van der Waals surface area (Å²) < 4.78 is 38.1. The molecule has 1 aromatic rings. The average Bonchev–Trinajstić information content (AvgIpc) is 2.07. The van der Waals surface area contributed by atoms with E-state index in [-0.39, 0.29) is 0 Å². The van der Waals surface area contributed by atoms with Crippen molar-refractivity contribution >= 4 is 17.4 Å². The van der Waals surface area contributed by atoms with E-state index in [0.717, 1.165) is 6.92 Å². The van der Waals surface area contributed by atoms with Crippen LogP contribution in [-0.4, -0.2) is 5.78 Å². The molecule has 0 aliphatic rings. The monoisotopic (exact) mass is 208 g/mol. The molecule has 0 aliphatic heterocycles. The number of carbonyl (C=O) groups excluding carboxylic acids is 1. The summed E-state index contributed by atoms with van der Waals surface area (Å²) in [5.74, 6) is -4.76. The van der Waals surface area contributed by atoms with Crippen LogP contribution in [0.1, 0.15) is 17.3 Å². The number of ketones is 1. The molecule has 0 saturated heterocycles. The van der Waals surface area contributed by atoms with Crippen molar-refractivity contribution in [2.24, 2.45) is 0 Å². The van der Waals surface area contributed by atoms with Gasteiger partial charge < -0.3 is 0 Å². The van der Waals surface area contributed by atoms with Crippen LogP contribution >= 0.6 is 11.6 Å². The molecule has 0 unspecified atom stereocenters. The zero-order valence-corrected chi connectivity index (χ0v) is 7.25. The summed E-state index contributed by atoms with van der Waals surface area (Å²) in [7, 11) is 0. The van der Waals surface area contributed by atoms with Crippen molar-refractivity contribution in [2.45, 2.75) is 6.92 Å². The number of halogens is 4. The minimum atomic E-state index is -1.48. The zero-order valence-electron chi connectivity index (χ0n) is 6.50. The topological polar surface area (TPSA) is 17.1 Å². The largest absolute Gasteiger partial charge is 0.294 e. The van der Waals surface area contributed by atoms with Gasteiger partial charge in [-0.15, -0.1) is 0 Å². The zero-order chi connectivity index (χ0) is 10.2. The Morgan fingerprint density at radius 3 is 2.31 bits per heavy atom. The Morgan fingerprint density at radius 2 is 1.85 bits per heavy atom. The predicted octanol–water partition coefficient (Wildman–Crippen LogP) is 2.96. The maximum atomic E-state index is 12.9. The summed E-state index contributed by atoms with van der Waals surface area (Å²) in [5.41, 5.74) is -0.552. The lowest BCUT2D eigenvalue weighted by Crippen LogP contribution is -2.01. The third kappa shape index (κ3) is 1.67. The van der Waals surface area contributed by atoms with Crippen LogP contribution < -0.4 is 0 Å². The molecule has 70 valence electrons. The second-order valence-corrected chi connectivity index (χ2v) is 2.78. The lowest BCUT2D eigenvalue weighted by Gasteiger charge is -2.02. The van der Waals surface area contributed by atoms with Crippen molar-refractivity contribution in [3.63, 3.8) is 0 Å². The van der Waals surface area contributed by atoms with Crippen LogP contribution in [0.4, 0.5) is 13.2 Å². The van der Waals surface area contributed by atoms with Crippen molar-refractivity contribution in [1.82, 2.24) is 0 Å². The van der Waals surface area contributed by atoms with Gasteiger partial charge in [-0.2, -0.15) is 0 Å². The lowest BCUT2D eigenvalue weighted by molar-refractivity contribution is 0.101. The Morgan fingerprint density at radius 1 is 1.31 bits per heavy atom. The van der Waals surface area contributed by atoms with E-state index in [1.807, 2.05) is 0 Å². The predicted molar refractivity (Wildman–Crippen MR) is 41.3 cm³/mol. The summed E-state index contributed by atoms with van der Waals surface area (Å²) >= 11 is 5.09. The van der Waals surface area contributed by atoms with Crippen molar-refractivity contribution < 1.29 is 18.0 Å². The molecular weight excluding hydrogens is 205 g/mol. The minimum Gasteiger partial charge on any atom is -0.294 e. The third-order valence-corrected chi connectivity index (χ3v) is 1.81. The molecule has 0 N–H and O–H groups in total. The highest BCUT2D eigenvalue weighted by atomic mass is 35.5. The van der Waals surface area contributed by atoms with Gasteiger partial charge in [0.05, 0.1) is 5.56 Å². The van der Waals surface area contributed by atoms with Gasteiger partial charge in [0.2, 0.25) is 0 Å². The van der Waals surface area contributed by atoms with E-state index in [1.54, 1.807) is 0 Å². The Balaban J connectivity index is 3.50. The quantitative estimate of drug-likeness (QED) is 0.394. The summed E-state index contributed by atoms with van der Waals surface area (Å²) in [6.45, 7) is 1.03. The standard InChI is InChI=1S/C8H4ClF3O/c1-3(13)4-2-5(10)8(12)6(9)7(4)11/h2H,1H3. The molecular formula is C8H4ClF3O. The first kappa shape index (κ1) is 10.1. The van der Waals surface area contributed by atoms with Crippen molar-refractivity contribution in [3.05, 3.63) is 34.1 Å². The van der Waals surface area contributed by atoms with Crippen LogP contribution in [0.25, 0.3) is 0 Å². The van der Waals surface area contributed by atoms with Crippen LogP contribution in [-0.2, 0) is 0 Å². The van der Waals surface area contributed by atoms with Crippen molar-refractivity contribution in [2.75, 3.05) is 0 Å². The normalized spacial score (nSPS) is 10.2. The number of hydrogen-bond donors (Lipinski definition) is 0. The van der Waals surface area contributed by atoms with E-state index >= 15 is 0 Å². The van der Waals surface area contributed by atoms with Gasteiger partial charge in [0.25, 0.3) is 0 Å². The number of rotatable bonds is 1. The van der Waals surface area contributed by atoms with Gasteiger partial charge in [-0.25, -0.2) is 13.2 Å². The van der Waals surface area contributed by atoms with E-state index in [4.69, 9.17) is 11.6 Å². The Kier molecular flexibility index (Phi) is 2.61. The summed E-state index contributed by atoms with van der Waals surface area (Å²) in [5, 5.41) is -0.995. The smallest absolute Gasteiger partial charge is 0.180 e. The number of benzene rings is 1. The Bertz CT molecular complexity index is 376. The van der Waals surface area contributed by atoms with Crippen molar-refractivity contribution in [3.8, 4) is 0 Å². The fraction of sp³-hybridized carbons (Fsp3) is 0.125. The highest BCUT2D eigenvalue weighted by Crippen LogP contribution is 2.24. The summed E-state index contributed by atoms with van der Waals surface area (Å²) in [6, 6.07) is 0.485. The van der Waals surface area contributed by atoms with Crippen molar-refractivity contribution in [1.29, 1.82) is 0 Å². The van der Waals surface area contributed by atoms with E-state index in [0.29, 0.717) is 6.07 Å². The molecule has 0 aliphatic carbocycles. The highest BCUT2D eigenvalue weighted by Gasteiger charge is 2.19. The van der Waals surface area contributed by atoms with E-state index in [2.05, 4.69) is 0 Å². The highest BCUT2D eigenvalue weighted by molar-refractivity contribution is 6.31. The van der Waals surface area contributed by atoms with Crippen LogP contribution in [0.5, 0.6) is 0 Å². The molecule has 5 heteroatoms. The van der Waals surface area contributed by atoms with Gasteiger partial charge in [0.15, 0.2) is 23.2 Å².